The lowest BCUT2D eigenvalue weighted by molar-refractivity contribution is 0.437. The van der Waals surface area contributed by atoms with Gasteiger partial charge in [0.25, 0.3) is 0 Å². The van der Waals surface area contributed by atoms with Crippen molar-refractivity contribution in [2.45, 2.75) is 31.3 Å². The van der Waals surface area contributed by atoms with Crippen molar-refractivity contribution < 1.29 is 0 Å². The first-order chi connectivity index (χ1) is 12.4. The summed E-state index contributed by atoms with van der Waals surface area (Å²) < 4.78 is 0. The lowest BCUT2D eigenvalue weighted by Gasteiger charge is -2.25. The van der Waals surface area contributed by atoms with E-state index in [-0.39, 0.29) is 12.1 Å². The highest BCUT2D eigenvalue weighted by Crippen LogP contribution is 2.33. The molecule has 0 saturated carbocycles. The van der Waals surface area contributed by atoms with E-state index in [9.17, 15) is 0 Å². The molecule has 1 unspecified atom stereocenters. The summed E-state index contributed by atoms with van der Waals surface area (Å²) >= 11 is 0. The maximum Gasteiger partial charge on any atom is 0.0976 e. The molecule has 1 aromatic carbocycles. The molecule has 0 bridgehead atoms. The van der Waals surface area contributed by atoms with Crippen LogP contribution >= 0.6 is 0 Å². The number of pyridine rings is 1. The minimum absolute atomic E-state index is 0.256. The predicted molar refractivity (Wildman–Crippen MR) is 102 cm³/mol. The molecule has 0 fully saturated rings. The predicted octanol–water partition coefficient (Wildman–Crippen LogP) is 4.26. The lowest BCUT2D eigenvalue weighted by atomic mass is 9.86. The monoisotopic (exact) mass is 329 g/mol. The molecule has 1 aliphatic heterocycles. The van der Waals surface area contributed by atoms with Crippen LogP contribution in [0.25, 0.3) is 0 Å². The Kier molecular flexibility index (Phi) is 4.73. The summed E-state index contributed by atoms with van der Waals surface area (Å²) in [4.78, 5) is 9.29. The van der Waals surface area contributed by atoms with Gasteiger partial charge in [-0.15, -0.1) is 0 Å². The van der Waals surface area contributed by atoms with Gasteiger partial charge in [-0.3, -0.25) is 9.98 Å². The molecule has 0 saturated heterocycles. The first kappa shape index (κ1) is 15.8. The van der Waals surface area contributed by atoms with Crippen molar-refractivity contribution in [3.63, 3.8) is 0 Å². The Hall–Kier alpha value is -2.68. The topological polar surface area (TPSA) is 37.3 Å². The van der Waals surface area contributed by atoms with Gasteiger partial charge in [-0.25, -0.2) is 0 Å². The number of aryl methyl sites for hydroxylation is 1. The number of benzene rings is 1. The van der Waals surface area contributed by atoms with E-state index in [4.69, 9.17) is 4.99 Å². The molecule has 3 nitrogen and oxygen atoms in total. The number of hydrogen-bond donors (Lipinski definition) is 1. The number of aromatic nitrogens is 1. The van der Waals surface area contributed by atoms with Crippen LogP contribution in [0, 0.1) is 5.92 Å². The maximum atomic E-state index is 5.08. The number of rotatable bonds is 5. The van der Waals surface area contributed by atoms with Gasteiger partial charge >= 0.3 is 0 Å². The fraction of sp³-hybridized carbons (Fsp3) is 0.273. The summed E-state index contributed by atoms with van der Waals surface area (Å²) in [6.07, 6.45) is 15.5. The third-order valence-electron chi connectivity index (χ3n) is 4.95. The molecule has 126 valence electrons. The molecule has 2 aromatic rings. The smallest absolute Gasteiger partial charge is 0.0976 e. The highest BCUT2D eigenvalue weighted by atomic mass is 15.1. The van der Waals surface area contributed by atoms with Crippen molar-refractivity contribution >= 4 is 5.84 Å². The fourth-order valence-corrected chi connectivity index (χ4v) is 3.64. The van der Waals surface area contributed by atoms with Crippen molar-refractivity contribution in [3.05, 3.63) is 90.3 Å². The van der Waals surface area contributed by atoms with Crippen LogP contribution < -0.4 is 5.32 Å². The van der Waals surface area contributed by atoms with Crippen molar-refractivity contribution in [1.29, 1.82) is 0 Å². The van der Waals surface area contributed by atoms with Gasteiger partial charge < -0.3 is 5.32 Å². The second kappa shape index (κ2) is 7.47. The second-order valence-corrected chi connectivity index (χ2v) is 6.67. The molecule has 2 aliphatic rings. The standard InChI is InChI=1S/C22H23N3/c1-3-9-18(10-4-1)21-22(19-11-5-2-6-12-19)25-20(24-21)14-13-17-8-7-15-23-16-17/h1-11,15-16,19,21-22H,12-14H2,(H,24,25)/t19?,21-,22+/m1/s1. The first-order valence-corrected chi connectivity index (χ1v) is 9.00. The SMILES string of the molecule is C1=CCC([C@@H]2N=C(CCc3cccnc3)N[C@@H]2c2ccccc2)C=C1. The number of nitrogens with one attached hydrogen (secondary N) is 1. The first-order valence-electron chi connectivity index (χ1n) is 9.00. The molecule has 2 heterocycles. The minimum atomic E-state index is 0.256. The molecule has 1 aliphatic carbocycles. The molecule has 0 amide bonds. The van der Waals surface area contributed by atoms with Crippen LogP contribution in [-0.2, 0) is 6.42 Å². The number of amidine groups is 1. The third-order valence-corrected chi connectivity index (χ3v) is 4.95. The van der Waals surface area contributed by atoms with Gasteiger partial charge in [-0.2, -0.15) is 0 Å². The van der Waals surface area contributed by atoms with Crippen molar-refractivity contribution in [3.8, 4) is 0 Å². The average Bonchev–Trinajstić information content (AvgIpc) is 3.13. The highest BCUT2D eigenvalue weighted by Gasteiger charge is 2.34. The molecule has 0 spiro atoms. The zero-order chi connectivity index (χ0) is 16.9. The van der Waals surface area contributed by atoms with Gasteiger partial charge in [-0.05, 0) is 30.0 Å². The lowest BCUT2D eigenvalue weighted by Crippen LogP contribution is -2.30. The zero-order valence-electron chi connectivity index (χ0n) is 14.3. The molecular formula is C22H23N3. The van der Waals surface area contributed by atoms with Gasteiger partial charge in [0.15, 0.2) is 0 Å². The number of aliphatic imine (C=N–C) groups is 1. The summed E-state index contributed by atoms with van der Waals surface area (Å²) in [5, 5.41) is 3.70. The quantitative estimate of drug-likeness (QED) is 0.890. The normalized spacial score (nSPS) is 24.8. The Labute approximate surface area is 149 Å². The summed E-state index contributed by atoms with van der Waals surface area (Å²) in [6.45, 7) is 0. The largest absolute Gasteiger partial charge is 0.365 e. The Morgan fingerprint density at radius 3 is 2.68 bits per heavy atom. The number of allylic oxidation sites excluding steroid dienone is 3. The Bertz CT molecular complexity index is 777. The van der Waals surface area contributed by atoms with Crippen LogP contribution in [0.2, 0.25) is 0 Å². The molecule has 1 aromatic heterocycles. The van der Waals surface area contributed by atoms with Crippen molar-refractivity contribution in [1.82, 2.24) is 10.3 Å². The van der Waals surface area contributed by atoms with E-state index in [1.165, 1.54) is 11.1 Å². The highest BCUT2D eigenvalue weighted by molar-refractivity contribution is 5.85. The molecular weight excluding hydrogens is 306 g/mol. The Balaban J connectivity index is 1.52. The van der Waals surface area contributed by atoms with Crippen molar-refractivity contribution in [2.24, 2.45) is 10.9 Å². The van der Waals surface area contributed by atoms with Gasteiger partial charge in [0, 0.05) is 24.7 Å². The van der Waals surface area contributed by atoms with E-state index in [1.807, 2.05) is 18.5 Å². The van der Waals surface area contributed by atoms with E-state index < -0.39 is 0 Å². The molecule has 4 rings (SSSR count). The molecule has 25 heavy (non-hydrogen) atoms. The number of nitrogens with zero attached hydrogens (tertiary/aromatic N) is 2. The van der Waals surface area contributed by atoms with Crippen LogP contribution in [-0.4, -0.2) is 16.9 Å². The van der Waals surface area contributed by atoms with Crippen LogP contribution in [0.1, 0.15) is 30.0 Å². The second-order valence-electron chi connectivity index (χ2n) is 6.67. The van der Waals surface area contributed by atoms with E-state index in [0.717, 1.165) is 25.1 Å². The van der Waals surface area contributed by atoms with Gasteiger partial charge in [0.2, 0.25) is 0 Å². The average molecular weight is 329 g/mol. The van der Waals surface area contributed by atoms with Crippen LogP contribution in [0.15, 0.2) is 84.2 Å². The summed E-state index contributed by atoms with van der Waals surface area (Å²) in [5.41, 5.74) is 2.57. The van der Waals surface area contributed by atoms with Crippen LogP contribution in [0.4, 0.5) is 0 Å². The summed E-state index contributed by atoms with van der Waals surface area (Å²) in [7, 11) is 0. The van der Waals surface area contributed by atoms with E-state index in [2.05, 4.69) is 71.0 Å². The third kappa shape index (κ3) is 3.71. The van der Waals surface area contributed by atoms with Gasteiger partial charge in [0.05, 0.1) is 17.9 Å². The van der Waals surface area contributed by atoms with E-state index >= 15 is 0 Å². The Morgan fingerprint density at radius 1 is 1.00 bits per heavy atom. The van der Waals surface area contributed by atoms with Crippen LogP contribution in [0.5, 0.6) is 0 Å². The van der Waals surface area contributed by atoms with Crippen LogP contribution in [0.3, 0.4) is 0 Å². The molecule has 0 radical (unpaired) electrons. The van der Waals surface area contributed by atoms with Crippen molar-refractivity contribution in [2.75, 3.05) is 0 Å². The number of hydrogen-bond acceptors (Lipinski definition) is 3. The zero-order valence-corrected chi connectivity index (χ0v) is 14.3. The van der Waals surface area contributed by atoms with E-state index in [1.54, 1.807) is 0 Å². The fourth-order valence-electron chi connectivity index (χ4n) is 3.64. The summed E-state index contributed by atoms with van der Waals surface area (Å²) in [5.74, 6) is 1.57. The molecule has 1 N–H and O–H groups in total. The van der Waals surface area contributed by atoms with E-state index in [0.29, 0.717) is 5.92 Å². The van der Waals surface area contributed by atoms with Gasteiger partial charge in [0.1, 0.15) is 0 Å². The molecule has 3 heteroatoms. The minimum Gasteiger partial charge on any atom is -0.365 e. The maximum absolute atomic E-state index is 5.08. The summed E-state index contributed by atoms with van der Waals surface area (Å²) in [6, 6.07) is 15.3. The Morgan fingerprint density at radius 2 is 1.92 bits per heavy atom. The van der Waals surface area contributed by atoms with Gasteiger partial charge in [-0.1, -0.05) is 60.7 Å². The molecule has 3 atom stereocenters.